The topological polar surface area (TPSA) is 17.1 Å². The van der Waals surface area contributed by atoms with E-state index in [0.29, 0.717) is 5.78 Å². The minimum atomic E-state index is 0.00355. The highest BCUT2D eigenvalue weighted by atomic mass is 27.1. The van der Waals surface area contributed by atoms with Crippen molar-refractivity contribution < 1.29 is 4.79 Å². The number of ketones is 1. The van der Waals surface area contributed by atoms with Crippen molar-refractivity contribution >= 4 is 21.0 Å². The van der Waals surface area contributed by atoms with Gasteiger partial charge in [0, 0.05) is 12.3 Å². The Morgan fingerprint density at radius 1 is 0.786 bits per heavy atom. The molecule has 0 bridgehead atoms. The third kappa shape index (κ3) is 9.22. The third-order valence-electron chi connectivity index (χ3n) is 5.65. The molecule has 2 aromatic rings. The summed E-state index contributed by atoms with van der Waals surface area (Å²) < 4.78 is 0. The minimum absolute atomic E-state index is 0.00355. The molecule has 0 amide bonds. The fourth-order valence-electron chi connectivity index (χ4n) is 3.91. The maximum atomic E-state index is 13.0. The van der Waals surface area contributed by atoms with Gasteiger partial charge in [-0.1, -0.05) is 123 Å². The zero-order valence-electron chi connectivity index (χ0n) is 17.7. The third-order valence-corrected chi connectivity index (χ3v) is 7.65. The molecule has 28 heavy (non-hydrogen) atoms. The number of hydrogen-bond donors (Lipinski definition) is 0. The highest BCUT2D eigenvalue weighted by Gasteiger charge is 2.20. The van der Waals surface area contributed by atoms with Crippen molar-refractivity contribution in [3.63, 3.8) is 0 Å². The number of Topliss-reactive ketones (excluding diaryl/α,β-unsaturated/α-hetero) is 1. The van der Waals surface area contributed by atoms with Crippen LogP contribution in [0.15, 0.2) is 60.7 Å². The smallest absolute Gasteiger partial charge is 0.236 e. The van der Waals surface area contributed by atoms with Crippen LogP contribution in [-0.2, 0) is 11.2 Å². The average Bonchev–Trinajstić information content (AvgIpc) is 2.74. The first-order valence-corrected chi connectivity index (χ1v) is 13.4. The van der Waals surface area contributed by atoms with Gasteiger partial charge in [-0.15, -0.1) is 0 Å². The molecule has 0 saturated carbocycles. The first-order valence-electron chi connectivity index (χ1n) is 11.4. The number of unbranched alkanes of at least 4 members (excludes halogenated alkanes) is 5. The van der Waals surface area contributed by atoms with E-state index in [9.17, 15) is 4.79 Å². The lowest BCUT2D eigenvalue weighted by atomic mass is 9.87. The summed E-state index contributed by atoms with van der Waals surface area (Å²) in [6.07, 6.45) is 11.0. The largest absolute Gasteiger partial charge is 0.299 e. The predicted molar refractivity (Wildman–Crippen MR) is 124 cm³/mol. The normalized spacial score (nSPS) is 11.9. The van der Waals surface area contributed by atoms with E-state index in [0.717, 1.165) is 19.3 Å². The van der Waals surface area contributed by atoms with E-state index >= 15 is 0 Å². The summed E-state index contributed by atoms with van der Waals surface area (Å²) in [4.78, 5) is 13.0. The lowest BCUT2D eigenvalue weighted by Gasteiger charge is -2.16. The van der Waals surface area contributed by atoms with Crippen molar-refractivity contribution in [1.29, 1.82) is 0 Å². The second-order valence-corrected chi connectivity index (χ2v) is 10.2. The van der Waals surface area contributed by atoms with Gasteiger partial charge in [0.2, 0.25) is 15.2 Å². The zero-order valence-corrected chi connectivity index (χ0v) is 19.2. The molecule has 1 atom stereocenters. The molecule has 0 spiro atoms. The molecule has 1 unspecified atom stereocenters. The van der Waals surface area contributed by atoms with Gasteiger partial charge in [-0.2, -0.15) is 0 Å². The Balaban J connectivity index is 1.72. The van der Waals surface area contributed by atoms with Crippen molar-refractivity contribution in [3.8, 4) is 0 Å². The summed E-state index contributed by atoms with van der Waals surface area (Å²) in [5, 5.41) is 2.79. The maximum Gasteiger partial charge on any atom is 0.236 e. The van der Waals surface area contributed by atoms with Crippen molar-refractivity contribution in [2.24, 2.45) is 0 Å². The molecule has 2 rings (SSSR count). The fourth-order valence-corrected chi connectivity index (χ4v) is 5.58. The summed E-state index contributed by atoms with van der Waals surface area (Å²) >= 11 is 0.0323. The predicted octanol–water partition coefficient (Wildman–Crippen LogP) is 7.00. The lowest BCUT2D eigenvalue weighted by Crippen LogP contribution is -2.15. The maximum absolute atomic E-state index is 13.0. The first kappa shape index (κ1) is 22.9. The van der Waals surface area contributed by atoms with Gasteiger partial charge in [-0.25, -0.2) is 0 Å². The van der Waals surface area contributed by atoms with Crippen molar-refractivity contribution in [2.45, 2.75) is 81.2 Å². The monoisotopic (exact) mass is 392 g/mol. The van der Waals surface area contributed by atoms with Crippen LogP contribution in [0.3, 0.4) is 0 Å². The van der Waals surface area contributed by atoms with Crippen molar-refractivity contribution in [1.82, 2.24) is 0 Å². The molecule has 0 aliphatic heterocycles. The van der Waals surface area contributed by atoms with E-state index in [1.54, 1.807) is 0 Å². The van der Waals surface area contributed by atoms with Crippen LogP contribution < -0.4 is 0 Å². The fraction of sp³-hybridized carbons (Fsp3) is 0.500. The average molecular weight is 393 g/mol. The Hall–Kier alpha value is -1.36. The summed E-state index contributed by atoms with van der Waals surface area (Å²) in [6.45, 7) is 2.27. The van der Waals surface area contributed by atoms with Gasteiger partial charge in [0.15, 0.2) is 0 Å². The van der Waals surface area contributed by atoms with E-state index in [2.05, 4.69) is 43.3 Å². The Labute approximate surface area is 178 Å². The van der Waals surface area contributed by atoms with Crippen LogP contribution in [0.2, 0.25) is 10.6 Å². The molecule has 0 heterocycles. The van der Waals surface area contributed by atoms with Crippen LogP contribution in [0.25, 0.3) is 0 Å². The van der Waals surface area contributed by atoms with Gasteiger partial charge >= 0.3 is 0 Å². The molecule has 0 N–H and O–H groups in total. The Morgan fingerprint density at radius 2 is 1.39 bits per heavy atom. The molecule has 0 aliphatic carbocycles. The van der Waals surface area contributed by atoms with Crippen LogP contribution in [0.5, 0.6) is 0 Å². The first-order chi connectivity index (χ1) is 13.8. The molecule has 2 aromatic carbocycles. The van der Waals surface area contributed by atoms with Gasteiger partial charge in [0.1, 0.15) is 5.78 Å². The van der Waals surface area contributed by atoms with Gasteiger partial charge in [0.05, 0.1) is 0 Å². The molecule has 0 fully saturated rings. The van der Waals surface area contributed by atoms with Gasteiger partial charge < -0.3 is 0 Å². The van der Waals surface area contributed by atoms with E-state index in [-0.39, 0.29) is 21.1 Å². The summed E-state index contributed by atoms with van der Waals surface area (Å²) in [5.74, 6) is 0.424. The summed E-state index contributed by atoms with van der Waals surface area (Å²) in [7, 11) is 0. The van der Waals surface area contributed by atoms with E-state index < -0.39 is 0 Å². The molecule has 150 valence electrons. The molecular weight excluding hydrogens is 355 g/mol. The van der Waals surface area contributed by atoms with Gasteiger partial charge in [0.25, 0.3) is 0 Å². The number of rotatable bonds is 15. The van der Waals surface area contributed by atoms with Gasteiger partial charge in [-0.05, 0) is 17.5 Å². The van der Waals surface area contributed by atoms with Crippen LogP contribution in [0.4, 0.5) is 0 Å². The molecule has 0 aromatic heterocycles. The molecule has 0 saturated heterocycles. The standard InChI is InChI=1S/C18H19O.C8H17.Al.H/c1-2-9-18(19)17(16-12-7-4-8-13-16)14-15-10-5-3-6-11-15;1-3-5-7-8-6-4-2;;/h3-8,10-13,17H,1-2,9,14H2;1,3-8H2,2H3;;. The van der Waals surface area contributed by atoms with Crippen LogP contribution in [0, 0.1) is 0 Å². The molecule has 2 heteroatoms. The molecule has 0 radical (unpaired) electrons. The molecular formula is C26H37AlO. The van der Waals surface area contributed by atoms with E-state index in [1.165, 1.54) is 60.2 Å². The number of hydrogen-bond acceptors (Lipinski definition) is 1. The quantitative estimate of drug-likeness (QED) is 0.236. The Morgan fingerprint density at radius 3 is 2.11 bits per heavy atom. The second-order valence-electron chi connectivity index (χ2n) is 8.05. The SMILES string of the molecule is CCCCCCC[CH2][AlH][CH2]CCC(=O)C(Cc1ccccc1)c1ccccc1. The minimum Gasteiger partial charge on any atom is -0.299 e. The van der Waals surface area contributed by atoms with Crippen LogP contribution >= 0.6 is 0 Å². The van der Waals surface area contributed by atoms with E-state index in [1.807, 2.05) is 24.3 Å². The lowest BCUT2D eigenvalue weighted by molar-refractivity contribution is -0.120. The highest BCUT2D eigenvalue weighted by molar-refractivity contribution is 6.35. The van der Waals surface area contributed by atoms with Crippen LogP contribution in [0.1, 0.15) is 75.3 Å². The van der Waals surface area contributed by atoms with Crippen LogP contribution in [-0.4, -0.2) is 21.0 Å². The van der Waals surface area contributed by atoms with E-state index in [4.69, 9.17) is 0 Å². The Kier molecular flexibility index (Phi) is 12.0. The summed E-state index contributed by atoms with van der Waals surface area (Å²) in [5.41, 5.74) is 2.42. The zero-order chi connectivity index (χ0) is 19.9. The molecule has 1 nitrogen and oxygen atoms in total. The van der Waals surface area contributed by atoms with Gasteiger partial charge in [-0.3, -0.25) is 4.79 Å². The summed E-state index contributed by atoms with van der Waals surface area (Å²) in [6, 6.07) is 20.8. The second kappa shape index (κ2) is 14.6. The van der Waals surface area contributed by atoms with Crippen molar-refractivity contribution in [3.05, 3.63) is 71.8 Å². The molecule has 0 aliphatic rings. The highest BCUT2D eigenvalue weighted by Crippen LogP contribution is 2.24. The van der Waals surface area contributed by atoms with Crippen molar-refractivity contribution in [2.75, 3.05) is 0 Å². The number of carbonyl (C=O) groups is 1. The number of benzene rings is 2. The Bertz CT molecular complexity index is 638. The number of carbonyl (C=O) groups excluding carboxylic acids is 1.